The van der Waals surface area contributed by atoms with E-state index in [1.807, 2.05) is 0 Å². The monoisotopic (exact) mass is 336 g/mol. The van der Waals surface area contributed by atoms with Crippen LogP contribution in [0.1, 0.15) is 44.2 Å². The van der Waals surface area contributed by atoms with E-state index in [1.54, 1.807) is 0 Å². The number of halogens is 1. The first-order valence-corrected chi connectivity index (χ1v) is 8.49. The van der Waals surface area contributed by atoms with Gasteiger partial charge in [-0.3, -0.25) is 4.79 Å². The predicted molar refractivity (Wildman–Crippen MR) is 97.1 cm³/mol. The molecular weight excluding hydrogens is 308 g/mol. The number of amides is 1. The fourth-order valence-corrected chi connectivity index (χ4v) is 4.05. The highest BCUT2D eigenvalue weighted by Gasteiger charge is 2.57. The van der Waals surface area contributed by atoms with Gasteiger partial charge in [-0.1, -0.05) is 38.1 Å². The van der Waals surface area contributed by atoms with Crippen molar-refractivity contribution in [2.75, 3.05) is 19.6 Å². The molecule has 1 spiro atoms. The maximum absolute atomic E-state index is 12.5. The van der Waals surface area contributed by atoms with Gasteiger partial charge in [-0.05, 0) is 55.8 Å². The predicted octanol–water partition coefficient (Wildman–Crippen LogP) is 3.20. The summed E-state index contributed by atoms with van der Waals surface area (Å²) in [5, 5.41) is 6.61. The molecule has 1 aromatic rings. The third-order valence-corrected chi connectivity index (χ3v) is 5.68. The Morgan fingerprint density at radius 2 is 1.96 bits per heavy atom. The minimum absolute atomic E-state index is 0. The highest BCUT2D eigenvalue weighted by atomic mass is 35.5. The first-order chi connectivity index (χ1) is 10.4. The largest absolute Gasteiger partial charge is 0.355 e. The summed E-state index contributed by atoms with van der Waals surface area (Å²) in [6.07, 6.45) is 3.41. The summed E-state index contributed by atoms with van der Waals surface area (Å²) >= 11 is 0. The molecule has 1 atom stereocenters. The number of hydrogen-bond acceptors (Lipinski definition) is 2. The minimum atomic E-state index is -0.0306. The lowest BCUT2D eigenvalue weighted by Crippen LogP contribution is -2.39. The number of rotatable bonds is 4. The van der Waals surface area contributed by atoms with Crippen LogP contribution in [0.5, 0.6) is 0 Å². The quantitative estimate of drug-likeness (QED) is 0.886. The first kappa shape index (κ1) is 18.3. The summed E-state index contributed by atoms with van der Waals surface area (Å²) in [4.78, 5) is 12.5. The molecule has 3 rings (SSSR count). The van der Waals surface area contributed by atoms with Crippen LogP contribution in [0.2, 0.25) is 0 Å². The molecule has 0 bridgehead atoms. The van der Waals surface area contributed by atoms with Gasteiger partial charge in [0.2, 0.25) is 5.91 Å². The highest BCUT2D eigenvalue weighted by Crippen LogP contribution is 2.58. The van der Waals surface area contributed by atoms with Crippen LogP contribution in [0.25, 0.3) is 0 Å². The molecule has 2 N–H and O–H groups in total. The maximum atomic E-state index is 12.5. The normalized spacial score (nSPS) is 22.3. The van der Waals surface area contributed by atoms with Crippen molar-refractivity contribution in [3.8, 4) is 0 Å². The zero-order valence-electron chi connectivity index (χ0n) is 14.4. The zero-order chi connectivity index (χ0) is 15.8. The molecule has 23 heavy (non-hydrogen) atoms. The van der Waals surface area contributed by atoms with Crippen LogP contribution in [0.15, 0.2) is 24.3 Å². The molecule has 1 saturated heterocycles. The van der Waals surface area contributed by atoms with E-state index < -0.39 is 0 Å². The number of hydrogen-bond donors (Lipinski definition) is 2. The average Bonchev–Trinajstić information content (AvgIpc) is 3.19. The number of aryl methyl sites for hydroxylation is 1. The molecule has 0 aromatic heterocycles. The Kier molecular flexibility index (Phi) is 5.42. The van der Waals surface area contributed by atoms with Crippen molar-refractivity contribution in [3.05, 3.63) is 35.4 Å². The lowest BCUT2D eigenvalue weighted by molar-refractivity contribution is -0.123. The van der Waals surface area contributed by atoms with Crippen LogP contribution in [0.4, 0.5) is 0 Å². The van der Waals surface area contributed by atoms with Crippen LogP contribution >= 0.6 is 12.4 Å². The number of benzene rings is 1. The third-order valence-electron chi connectivity index (χ3n) is 5.68. The van der Waals surface area contributed by atoms with Gasteiger partial charge in [0.1, 0.15) is 0 Å². The second-order valence-electron chi connectivity index (χ2n) is 7.79. The molecule has 1 aliphatic carbocycles. The fourth-order valence-electron chi connectivity index (χ4n) is 4.05. The number of carbonyl (C=O) groups is 1. The van der Waals surface area contributed by atoms with Gasteiger partial charge in [0, 0.05) is 17.9 Å². The van der Waals surface area contributed by atoms with Crippen LogP contribution in [0, 0.1) is 18.3 Å². The van der Waals surface area contributed by atoms with E-state index in [2.05, 4.69) is 55.7 Å². The lowest BCUT2D eigenvalue weighted by atomic mass is 9.82. The number of carbonyl (C=O) groups excluding carboxylic acids is 1. The molecule has 1 unspecified atom stereocenters. The Bertz CT molecular complexity index is 564. The van der Waals surface area contributed by atoms with Crippen LogP contribution < -0.4 is 10.6 Å². The highest BCUT2D eigenvalue weighted by molar-refractivity contribution is 5.85. The molecule has 1 saturated carbocycles. The smallest absolute Gasteiger partial charge is 0.223 e. The second kappa shape index (κ2) is 6.82. The van der Waals surface area contributed by atoms with Crippen molar-refractivity contribution in [1.29, 1.82) is 0 Å². The summed E-state index contributed by atoms with van der Waals surface area (Å²) in [6.45, 7) is 9.41. The van der Waals surface area contributed by atoms with Gasteiger partial charge in [0.15, 0.2) is 0 Å². The standard InChI is InChI=1S/C19H28N2O.ClH/c1-14-6-4-5-7-15(14)18(2,3)13-21-17(22)16-12-19(16)8-10-20-11-9-19;/h4-7,16,20H,8-13H2,1-3H3,(H,21,22);1H. The molecule has 0 radical (unpaired) electrons. The number of piperidine rings is 1. The van der Waals surface area contributed by atoms with E-state index in [1.165, 1.54) is 11.1 Å². The summed E-state index contributed by atoms with van der Waals surface area (Å²) in [7, 11) is 0. The second-order valence-corrected chi connectivity index (χ2v) is 7.79. The minimum Gasteiger partial charge on any atom is -0.355 e. The summed E-state index contributed by atoms with van der Waals surface area (Å²) in [5.74, 6) is 0.519. The van der Waals surface area contributed by atoms with Gasteiger partial charge in [-0.15, -0.1) is 12.4 Å². The molecule has 2 fully saturated rings. The molecule has 3 nitrogen and oxygen atoms in total. The average molecular weight is 337 g/mol. The molecular formula is C19H29ClN2O. The van der Waals surface area contributed by atoms with E-state index in [4.69, 9.17) is 0 Å². The maximum Gasteiger partial charge on any atom is 0.223 e. The van der Waals surface area contributed by atoms with Crippen molar-refractivity contribution in [1.82, 2.24) is 10.6 Å². The van der Waals surface area contributed by atoms with E-state index in [9.17, 15) is 4.79 Å². The lowest BCUT2D eigenvalue weighted by Gasteiger charge is -2.28. The van der Waals surface area contributed by atoms with Gasteiger partial charge in [0.25, 0.3) is 0 Å². The zero-order valence-corrected chi connectivity index (χ0v) is 15.3. The molecule has 2 aliphatic rings. The molecule has 4 heteroatoms. The van der Waals surface area contributed by atoms with Crippen LogP contribution in [-0.2, 0) is 10.2 Å². The fraction of sp³-hybridized carbons (Fsp3) is 0.632. The topological polar surface area (TPSA) is 41.1 Å². The van der Waals surface area contributed by atoms with Gasteiger partial charge in [-0.2, -0.15) is 0 Å². The van der Waals surface area contributed by atoms with Crippen molar-refractivity contribution < 1.29 is 4.79 Å². The number of nitrogens with one attached hydrogen (secondary N) is 2. The van der Waals surface area contributed by atoms with Gasteiger partial charge < -0.3 is 10.6 Å². The van der Waals surface area contributed by atoms with Crippen molar-refractivity contribution in [2.45, 2.75) is 45.4 Å². The van der Waals surface area contributed by atoms with Crippen LogP contribution in [-0.4, -0.2) is 25.5 Å². The third kappa shape index (κ3) is 3.72. The Balaban J connectivity index is 0.00000192. The van der Waals surface area contributed by atoms with E-state index >= 15 is 0 Å². The molecule has 128 valence electrons. The van der Waals surface area contributed by atoms with Gasteiger partial charge in [0.05, 0.1) is 0 Å². The summed E-state index contributed by atoms with van der Waals surface area (Å²) in [5.41, 5.74) is 2.91. The van der Waals surface area contributed by atoms with Crippen molar-refractivity contribution in [2.24, 2.45) is 11.3 Å². The van der Waals surface area contributed by atoms with Crippen molar-refractivity contribution in [3.63, 3.8) is 0 Å². The summed E-state index contributed by atoms with van der Waals surface area (Å²) in [6, 6.07) is 8.46. The van der Waals surface area contributed by atoms with Crippen LogP contribution in [0.3, 0.4) is 0 Å². The van der Waals surface area contributed by atoms with Gasteiger partial charge >= 0.3 is 0 Å². The molecule has 1 amide bonds. The van der Waals surface area contributed by atoms with E-state index in [-0.39, 0.29) is 29.6 Å². The van der Waals surface area contributed by atoms with E-state index in [0.29, 0.717) is 12.0 Å². The summed E-state index contributed by atoms with van der Waals surface area (Å²) < 4.78 is 0. The Hall–Kier alpha value is -1.06. The first-order valence-electron chi connectivity index (χ1n) is 8.49. The van der Waals surface area contributed by atoms with Gasteiger partial charge in [-0.25, -0.2) is 0 Å². The van der Waals surface area contributed by atoms with Crippen molar-refractivity contribution >= 4 is 18.3 Å². The Morgan fingerprint density at radius 1 is 1.30 bits per heavy atom. The molecule has 1 heterocycles. The Morgan fingerprint density at radius 3 is 2.61 bits per heavy atom. The molecule has 1 aliphatic heterocycles. The molecule has 1 aromatic carbocycles. The van der Waals surface area contributed by atoms with E-state index in [0.717, 1.165) is 32.4 Å². The Labute approximate surface area is 146 Å². The SMILES string of the molecule is Cc1ccccc1C(C)(C)CNC(=O)C1CC12CCNCC2.Cl.